The summed E-state index contributed by atoms with van der Waals surface area (Å²) in [5.41, 5.74) is 0.803. The van der Waals surface area contributed by atoms with Crippen LogP contribution in [-0.2, 0) is 0 Å². The molecular formula is C12H10ClN3O2. The number of hydrogen-bond acceptors (Lipinski definition) is 4. The largest absolute Gasteiger partial charge is 0.508 e. The third-order valence-corrected chi connectivity index (χ3v) is 2.55. The number of nitrogens with zero attached hydrogens (tertiary/aromatic N) is 3. The van der Waals surface area contributed by atoms with Gasteiger partial charge >= 0.3 is 0 Å². The van der Waals surface area contributed by atoms with Gasteiger partial charge < -0.3 is 10.0 Å². The average Bonchev–Trinajstić information content (AvgIpc) is 2.38. The second kappa shape index (κ2) is 5.01. The normalized spacial score (nSPS) is 10.1. The molecule has 1 N–H and O–H groups in total. The molecule has 1 aromatic carbocycles. The molecule has 18 heavy (non-hydrogen) atoms. The molecule has 0 atom stereocenters. The molecule has 1 heterocycles. The van der Waals surface area contributed by atoms with Gasteiger partial charge in [0.1, 0.15) is 16.6 Å². The van der Waals surface area contributed by atoms with Crippen LogP contribution in [0.1, 0.15) is 10.5 Å². The van der Waals surface area contributed by atoms with E-state index >= 15 is 0 Å². The molecule has 0 fully saturated rings. The van der Waals surface area contributed by atoms with Crippen LogP contribution in [0.15, 0.2) is 36.7 Å². The van der Waals surface area contributed by atoms with E-state index in [2.05, 4.69) is 9.97 Å². The Labute approximate surface area is 109 Å². The van der Waals surface area contributed by atoms with E-state index < -0.39 is 0 Å². The summed E-state index contributed by atoms with van der Waals surface area (Å²) in [4.78, 5) is 21.2. The predicted octanol–water partition coefficient (Wildman–Crippen LogP) is 2.11. The first kappa shape index (κ1) is 12.3. The monoisotopic (exact) mass is 263 g/mol. The molecule has 0 radical (unpaired) electrons. The van der Waals surface area contributed by atoms with E-state index in [-0.39, 0.29) is 22.5 Å². The number of rotatable bonds is 2. The van der Waals surface area contributed by atoms with Gasteiger partial charge in [-0.25, -0.2) is 4.98 Å². The van der Waals surface area contributed by atoms with Crippen LogP contribution in [0.4, 0.5) is 5.69 Å². The standard InChI is InChI=1S/C12H10ClN3O2/c1-16(8-2-4-9(17)5-3-8)12(18)10-6-14-7-11(13)15-10/h2-7,17H,1H3. The van der Waals surface area contributed by atoms with Crippen molar-refractivity contribution in [1.82, 2.24) is 9.97 Å². The van der Waals surface area contributed by atoms with Crippen molar-refractivity contribution in [2.45, 2.75) is 0 Å². The molecule has 0 saturated heterocycles. The molecule has 2 rings (SSSR count). The maximum absolute atomic E-state index is 12.1. The summed E-state index contributed by atoms with van der Waals surface area (Å²) in [6.45, 7) is 0. The molecule has 0 bridgehead atoms. The molecule has 6 heteroatoms. The smallest absolute Gasteiger partial charge is 0.278 e. The number of aromatic hydroxyl groups is 1. The van der Waals surface area contributed by atoms with Gasteiger partial charge in [-0.1, -0.05) is 11.6 Å². The highest BCUT2D eigenvalue weighted by Gasteiger charge is 2.15. The van der Waals surface area contributed by atoms with E-state index in [9.17, 15) is 9.90 Å². The Balaban J connectivity index is 2.26. The fourth-order valence-electron chi connectivity index (χ4n) is 1.41. The molecule has 2 aromatic rings. The summed E-state index contributed by atoms with van der Waals surface area (Å²) in [5, 5.41) is 9.35. The Kier molecular flexibility index (Phi) is 3.43. The molecule has 0 aliphatic rings. The quantitative estimate of drug-likeness (QED) is 0.901. The molecule has 0 unspecified atom stereocenters. The SMILES string of the molecule is CN(C(=O)c1cncc(Cl)n1)c1ccc(O)cc1. The van der Waals surface area contributed by atoms with Crippen molar-refractivity contribution >= 4 is 23.2 Å². The number of hydrogen-bond donors (Lipinski definition) is 1. The van der Waals surface area contributed by atoms with Crippen molar-refractivity contribution in [3.8, 4) is 5.75 Å². The number of carbonyl (C=O) groups is 1. The first-order valence-corrected chi connectivity index (χ1v) is 5.50. The third-order valence-electron chi connectivity index (χ3n) is 2.37. The molecule has 5 nitrogen and oxygen atoms in total. The van der Waals surface area contributed by atoms with Gasteiger partial charge in [0.15, 0.2) is 0 Å². The number of halogens is 1. The zero-order valence-corrected chi connectivity index (χ0v) is 10.3. The van der Waals surface area contributed by atoms with Crippen LogP contribution >= 0.6 is 11.6 Å². The highest BCUT2D eigenvalue weighted by molar-refractivity contribution is 6.29. The highest BCUT2D eigenvalue weighted by Crippen LogP contribution is 2.18. The molecule has 0 aliphatic carbocycles. The predicted molar refractivity (Wildman–Crippen MR) is 67.9 cm³/mol. The van der Waals surface area contributed by atoms with Gasteiger partial charge in [-0.15, -0.1) is 0 Å². The number of phenolic OH excluding ortho intramolecular Hbond substituents is 1. The van der Waals surface area contributed by atoms with Gasteiger partial charge in [0.05, 0.1) is 12.4 Å². The minimum Gasteiger partial charge on any atom is -0.508 e. The Morgan fingerprint density at radius 1 is 1.28 bits per heavy atom. The van der Waals surface area contributed by atoms with Crippen molar-refractivity contribution in [2.75, 3.05) is 11.9 Å². The molecule has 0 saturated carbocycles. The Hall–Kier alpha value is -2.14. The van der Waals surface area contributed by atoms with E-state index in [1.807, 2.05) is 0 Å². The lowest BCUT2D eigenvalue weighted by molar-refractivity contribution is 0.0988. The Morgan fingerprint density at radius 2 is 1.94 bits per heavy atom. The van der Waals surface area contributed by atoms with Crippen LogP contribution in [0.2, 0.25) is 5.15 Å². The fraction of sp³-hybridized carbons (Fsp3) is 0.0833. The van der Waals surface area contributed by atoms with Crippen LogP contribution < -0.4 is 4.90 Å². The summed E-state index contributed by atoms with van der Waals surface area (Å²) >= 11 is 5.68. The second-order valence-electron chi connectivity index (χ2n) is 3.61. The van der Waals surface area contributed by atoms with E-state index in [1.54, 1.807) is 19.2 Å². The first-order valence-electron chi connectivity index (χ1n) is 5.12. The van der Waals surface area contributed by atoms with Gasteiger partial charge in [-0.05, 0) is 24.3 Å². The van der Waals surface area contributed by atoms with Crippen molar-refractivity contribution < 1.29 is 9.90 Å². The maximum Gasteiger partial charge on any atom is 0.278 e. The van der Waals surface area contributed by atoms with Crippen molar-refractivity contribution in [2.24, 2.45) is 0 Å². The molecule has 92 valence electrons. The van der Waals surface area contributed by atoms with Gasteiger partial charge in [0.25, 0.3) is 5.91 Å². The zero-order valence-electron chi connectivity index (χ0n) is 9.54. The molecular weight excluding hydrogens is 254 g/mol. The topological polar surface area (TPSA) is 66.3 Å². The summed E-state index contributed by atoms with van der Waals surface area (Å²) in [6.07, 6.45) is 2.71. The van der Waals surface area contributed by atoms with Crippen LogP contribution in [0.3, 0.4) is 0 Å². The Morgan fingerprint density at radius 3 is 2.56 bits per heavy atom. The van der Waals surface area contributed by atoms with E-state index in [0.29, 0.717) is 5.69 Å². The van der Waals surface area contributed by atoms with Crippen LogP contribution in [0.25, 0.3) is 0 Å². The van der Waals surface area contributed by atoms with E-state index in [0.717, 1.165) is 0 Å². The molecule has 0 aliphatic heterocycles. The minimum absolute atomic E-state index is 0.141. The second-order valence-corrected chi connectivity index (χ2v) is 3.99. The number of amides is 1. The minimum atomic E-state index is -0.323. The maximum atomic E-state index is 12.1. The number of benzene rings is 1. The molecule has 1 amide bonds. The number of carbonyl (C=O) groups excluding carboxylic acids is 1. The summed E-state index contributed by atoms with van der Waals surface area (Å²) in [5.74, 6) is -0.183. The summed E-state index contributed by atoms with van der Waals surface area (Å²) < 4.78 is 0. The van der Waals surface area contributed by atoms with Crippen molar-refractivity contribution in [1.29, 1.82) is 0 Å². The van der Waals surface area contributed by atoms with Crippen molar-refractivity contribution in [3.63, 3.8) is 0 Å². The van der Waals surface area contributed by atoms with Crippen LogP contribution in [0.5, 0.6) is 5.75 Å². The number of anilines is 1. The van der Waals surface area contributed by atoms with E-state index in [4.69, 9.17) is 11.6 Å². The van der Waals surface area contributed by atoms with Crippen LogP contribution in [-0.4, -0.2) is 28.0 Å². The molecule has 0 spiro atoms. The first-order chi connectivity index (χ1) is 8.58. The summed E-state index contributed by atoms with van der Waals surface area (Å²) in [7, 11) is 1.61. The average molecular weight is 264 g/mol. The lowest BCUT2D eigenvalue weighted by Gasteiger charge is -2.16. The summed E-state index contributed by atoms with van der Waals surface area (Å²) in [6, 6.07) is 6.27. The fourth-order valence-corrected chi connectivity index (χ4v) is 1.56. The lowest BCUT2D eigenvalue weighted by atomic mass is 10.2. The van der Waals surface area contributed by atoms with Gasteiger partial charge in [-0.2, -0.15) is 0 Å². The number of aromatic nitrogens is 2. The highest BCUT2D eigenvalue weighted by atomic mass is 35.5. The molecule has 1 aromatic heterocycles. The van der Waals surface area contributed by atoms with Gasteiger partial charge in [-0.3, -0.25) is 9.78 Å². The Bertz CT molecular complexity index is 572. The van der Waals surface area contributed by atoms with Gasteiger partial charge in [0.2, 0.25) is 0 Å². The number of phenols is 1. The van der Waals surface area contributed by atoms with Crippen LogP contribution in [0, 0.1) is 0 Å². The van der Waals surface area contributed by atoms with E-state index in [1.165, 1.54) is 29.4 Å². The van der Waals surface area contributed by atoms with Gasteiger partial charge in [0, 0.05) is 12.7 Å². The third kappa shape index (κ3) is 2.57. The lowest BCUT2D eigenvalue weighted by Crippen LogP contribution is -2.27. The van der Waals surface area contributed by atoms with Crippen molar-refractivity contribution in [3.05, 3.63) is 47.5 Å². The zero-order chi connectivity index (χ0) is 13.1.